The lowest BCUT2D eigenvalue weighted by Gasteiger charge is -2.26. The number of H-pyrrole nitrogens is 1. The van der Waals surface area contributed by atoms with E-state index < -0.39 is 0 Å². The molecular formula is C23H23N5O3. The molecule has 0 spiro atoms. The number of aromatic hydroxyl groups is 1. The molecule has 1 fully saturated rings. The molecule has 1 saturated heterocycles. The molecule has 158 valence electrons. The summed E-state index contributed by atoms with van der Waals surface area (Å²) in [6, 6.07) is 13.2. The Labute approximate surface area is 179 Å². The van der Waals surface area contributed by atoms with E-state index in [0.29, 0.717) is 29.9 Å². The summed E-state index contributed by atoms with van der Waals surface area (Å²) in [5.41, 5.74) is 4.49. The van der Waals surface area contributed by atoms with Crippen LogP contribution in [0.15, 0.2) is 52.7 Å². The third kappa shape index (κ3) is 4.08. The summed E-state index contributed by atoms with van der Waals surface area (Å²) in [4.78, 5) is 17.6. The van der Waals surface area contributed by atoms with E-state index in [1.165, 1.54) is 0 Å². The van der Waals surface area contributed by atoms with Crippen LogP contribution >= 0.6 is 0 Å². The van der Waals surface area contributed by atoms with Crippen molar-refractivity contribution in [2.45, 2.75) is 6.42 Å². The second-order valence-electron chi connectivity index (χ2n) is 7.65. The van der Waals surface area contributed by atoms with E-state index >= 15 is 0 Å². The van der Waals surface area contributed by atoms with Crippen LogP contribution in [0.4, 0.5) is 11.4 Å². The number of nitrogens with one attached hydrogen (secondary N) is 2. The fourth-order valence-corrected chi connectivity index (χ4v) is 3.91. The highest BCUT2D eigenvalue weighted by molar-refractivity contribution is 6.01. The van der Waals surface area contributed by atoms with Gasteiger partial charge < -0.3 is 20.1 Å². The molecule has 0 atom stereocenters. The highest BCUT2D eigenvalue weighted by atomic mass is 16.5. The maximum atomic E-state index is 12.4. The normalized spacial score (nSPS) is 17.4. The molecule has 8 nitrogen and oxygen atoms in total. The number of anilines is 1. The molecule has 2 aliphatic heterocycles. The number of hydrogen-bond donors (Lipinski definition) is 3. The number of hydrogen-bond acceptors (Lipinski definition) is 6. The number of carbonyl (C=O) groups excluding carboxylic acids is 1. The Morgan fingerprint density at radius 2 is 2.03 bits per heavy atom. The summed E-state index contributed by atoms with van der Waals surface area (Å²) in [6.07, 6.45) is 2.23. The number of rotatable bonds is 5. The first-order valence-corrected chi connectivity index (χ1v) is 10.3. The molecule has 3 aromatic rings. The molecule has 8 heteroatoms. The molecule has 0 bridgehead atoms. The average molecular weight is 417 g/mol. The van der Waals surface area contributed by atoms with E-state index in [4.69, 9.17) is 4.74 Å². The minimum Gasteiger partial charge on any atom is -0.494 e. The molecule has 0 unspecified atom stereocenters. The van der Waals surface area contributed by atoms with Gasteiger partial charge >= 0.3 is 0 Å². The Balaban J connectivity index is 1.36. The highest BCUT2D eigenvalue weighted by Crippen LogP contribution is 2.38. The van der Waals surface area contributed by atoms with Crippen LogP contribution in [0.1, 0.15) is 17.5 Å². The van der Waals surface area contributed by atoms with Crippen LogP contribution in [-0.2, 0) is 9.53 Å². The van der Waals surface area contributed by atoms with Gasteiger partial charge in [0.15, 0.2) is 5.88 Å². The Kier molecular flexibility index (Phi) is 5.23. The van der Waals surface area contributed by atoms with E-state index in [0.717, 1.165) is 48.5 Å². The molecule has 5 rings (SSSR count). The zero-order valence-electron chi connectivity index (χ0n) is 17.0. The Morgan fingerprint density at radius 1 is 1.19 bits per heavy atom. The smallest absolute Gasteiger partial charge is 0.225 e. The van der Waals surface area contributed by atoms with Gasteiger partial charge in [-0.3, -0.25) is 9.69 Å². The number of ether oxygens (including phenoxy) is 1. The number of nitrogens with zero attached hydrogens (tertiary/aromatic N) is 3. The number of azo groups is 1. The predicted molar refractivity (Wildman–Crippen MR) is 119 cm³/mol. The van der Waals surface area contributed by atoms with Crippen LogP contribution in [0.2, 0.25) is 0 Å². The van der Waals surface area contributed by atoms with Gasteiger partial charge in [0.1, 0.15) is 0 Å². The number of morpholine rings is 1. The van der Waals surface area contributed by atoms with Gasteiger partial charge in [0.2, 0.25) is 5.91 Å². The van der Waals surface area contributed by atoms with Crippen molar-refractivity contribution in [1.82, 2.24) is 9.88 Å². The molecule has 31 heavy (non-hydrogen) atoms. The Hall–Kier alpha value is -3.49. The maximum Gasteiger partial charge on any atom is 0.225 e. The lowest BCUT2D eigenvalue weighted by molar-refractivity contribution is -0.116. The molecule has 3 N–H and O–H groups in total. The summed E-state index contributed by atoms with van der Waals surface area (Å²) in [5, 5.41) is 22.7. The summed E-state index contributed by atoms with van der Waals surface area (Å²) >= 11 is 0. The van der Waals surface area contributed by atoms with Crippen molar-refractivity contribution in [1.29, 1.82) is 0 Å². The average Bonchev–Trinajstić information content (AvgIpc) is 3.34. The topological polar surface area (TPSA) is 102 Å². The highest BCUT2D eigenvalue weighted by Gasteiger charge is 2.17. The predicted octanol–water partition coefficient (Wildman–Crippen LogP) is 4.13. The zero-order chi connectivity index (χ0) is 21.2. The van der Waals surface area contributed by atoms with Gasteiger partial charge in [-0.15, -0.1) is 10.2 Å². The largest absolute Gasteiger partial charge is 0.494 e. The van der Waals surface area contributed by atoms with E-state index in [2.05, 4.69) is 25.4 Å². The first-order valence-electron chi connectivity index (χ1n) is 10.3. The first-order chi connectivity index (χ1) is 15.2. The van der Waals surface area contributed by atoms with Crippen LogP contribution in [0.25, 0.3) is 22.7 Å². The van der Waals surface area contributed by atoms with E-state index in [9.17, 15) is 9.90 Å². The van der Waals surface area contributed by atoms with Crippen LogP contribution < -0.4 is 5.32 Å². The zero-order valence-corrected chi connectivity index (χ0v) is 17.0. The van der Waals surface area contributed by atoms with Crippen molar-refractivity contribution in [3.8, 4) is 5.88 Å². The number of aromatic amines is 1. The molecule has 0 radical (unpaired) electrons. The van der Waals surface area contributed by atoms with Crippen LogP contribution in [0, 0.1) is 0 Å². The molecule has 0 saturated carbocycles. The number of aromatic nitrogens is 1. The van der Waals surface area contributed by atoms with Gasteiger partial charge in [-0.25, -0.2) is 0 Å². The summed E-state index contributed by atoms with van der Waals surface area (Å²) in [5.74, 6) is 0.0156. The maximum absolute atomic E-state index is 12.4. The number of fused-ring (bicyclic) bond motifs is 2. The number of amides is 1. The molecule has 1 amide bonds. The van der Waals surface area contributed by atoms with Gasteiger partial charge in [0.25, 0.3) is 0 Å². The van der Waals surface area contributed by atoms with Gasteiger partial charge in [-0.2, -0.15) is 0 Å². The third-order valence-corrected chi connectivity index (χ3v) is 5.59. The Morgan fingerprint density at radius 3 is 2.90 bits per heavy atom. The summed E-state index contributed by atoms with van der Waals surface area (Å²) < 4.78 is 5.34. The van der Waals surface area contributed by atoms with Crippen molar-refractivity contribution in [3.63, 3.8) is 0 Å². The fourth-order valence-electron chi connectivity index (χ4n) is 3.91. The van der Waals surface area contributed by atoms with Crippen molar-refractivity contribution in [2.24, 2.45) is 10.2 Å². The quantitative estimate of drug-likeness (QED) is 0.581. The monoisotopic (exact) mass is 417 g/mol. The first kappa shape index (κ1) is 19.5. The second-order valence-corrected chi connectivity index (χ2v) is 7.65. The van der Waals surface area contributed by atoms with Crippen LogP contribution in [0.5, 0.6) is 5.88 Å². The van der Waals surface area contributed by atoms with Crippen LogP contribution in [-0.4, -0.2) is 53.7 Å². The van der Waals surface area contributed by atoms with E-state index in [1.54, 1.807) is 0 Å². The lowest BCUT2D eigenvalue weighted by atomic mass is 10.1. The van der Waals surface area contributed by atoms with Crippen molar-refractivity contribution >= 4 is 40.0 Å². The lowest BCUT2D eigenvalue weighted by Crippen LogP contribution is -2.38. The SMILES string of the molecule is O=C(CCN1CCOCC1)Nc1ccc2[nH]c(O)c(/C=C3\N=Nc4ccccc43)c2c1. The Bertz CT molecular complexity index is 1190. The number of benzene rings is 2. The number of carbonyl (C=O) groups is 1. The summed E-state index contributed by atoms with van der Waals surface area (Å²) in [7, 11) is 0. The molecule has 2 aromatic carbocycles. The fraction of sp³-hybridized carbons (Fsp3) is 0.261. The van der Waals surface area contributed by atoms with Gasteiger partial charge in [0.05, 0.1) is 24.6 Å². The van der Waals surface area contributed by atoms with Crippen LogP contribution in [0.3, 0.4) is 0 Å². The molecule has 2 aliphatic rings. The van der Waals surface area contributed by atoms with Crippen molar-refractivity contribution in [2.75, 3.05) is 38.2 Å². The van der Waals surface area contributed by atoms with Gasteiger partial charge in [-0.1, -0.05) is 18.2 Å². The van der Waals surface area contributed by atoms with Crippen molar-refractivity contribution in [3.05, 3.63) is 53.6 Å². The molecular weight excluding hydrogens is 394 g/mol. The molecule has 0 aliphatic carbocycles. The second kappa shape index (κ2) is 8.33. The molecule has 1 aromatic heterocycles. The third-order valence-electron chi connectivity index (χ3n) is 5.59. The minimum atomic E-state index is -0.0379. The van der Waals surface area contributed by atoms with Crippen molar-refractivity contribution < 1.29 is 14.6 Å². The van der Waals surface area contributed by atoms with Gasteiger partial charge in [-0.05, 0) is 30.3 Å². The van der Waals surface area contributed by atoms with E-state index in [1.807, 2.05) is 48.5 Å². The van der Waals surface area contributed by atoms with E-state index in [-0.39, 0.29) is 11.8 Å². The van der Waals surface area contributed by atoms with Gasteiger partial charge in [0, 0.05) is 53.8 Å². The summed E-state index contributed by atoms with van der Waals surface area (Å²) in [6.45, 7) is 3.88. The standard InChI is InChI=1S/C23H23N5O3/c29-22(7-8-28-9-11-31-12-10-28)24-15-5-6-19-17(13-15)18(23(30)25-19)14-21-16-3-1-2-4-20(16)26-27-21/h1-6,13-14,25,30H,7-12H2,(H,24,29)/b21-14-. The molecule has 3 heterocycles. The minimum absolute atomic E-state index is 0.0379.